The predicted molar refractivity (Wildman–Crippen MR) is 47.6 cm³/mol. The molecule has 0 saturated heterocycles. The highest BCUT2D eigenvalue weighted by Crippen LogP contribution is 2.22. The first kappa shape index (κ1) is 7.48. The zero-order valence-corrected chi connectivity index (χ0v) is 7.07. The summed E-state index contributed by atoms with van der Waals surface area (Å²) < 4.78 is 0. The first-order valence-corrected chi connectivity index (χ1v) is 3.62. The zero-order valence-electron chi connectivity index (χ0n) is 6.18. The molecule has 1 rings (SSSR count). The average molecular weight is 153 g/mol. The van der Waals surface area contributed by atoms with Crippen molar-refractivity contribution in [3.05, 3.63) is 23.3 Å². The van der Waals surface area contributed by atoms with Crippen LogP contribution in [0.5, 0.6) is 0 Å². The smallest absolute Gasteiger partial charge is 0.0452 e. The van der Waals surface area contributed by atoms with Crippen molar-refractivity contribution in [3.63, 3.8) is 0 Å². The van der Waals surface area contributed by atoms with Crippen LogP contribution in [0, 0.1) is 13.8 Å². The average Bonchev–Trinajstić information content (AvgIpc) is 1.93. The molecule has 54 valence electrons. The minimum Gasteiger partial charge on any atom is -0.398 e. The van der Waals surface area contributed by atoms with Crippen molar-refractivity contribution in [2.24, 2.45) is 0 Å². The third-order valence-electron chi connectivity index (χ3n) is 1.73. The van der Waals surface area contributed by atoms with Crippen molar-refractivity contribution < 1.29 is 0 Å². The van der Waals surface area contributed by atoms with Crippen LogP contribution in [0.3, 0.4) is 0 Å². The number of nitrogen functional groups attached to an aromatic ring is 1. The zero-order chi connectivity index (χ0) is 7.72. The van der Waals surface area contributed by atoms with Crippen LogP contribution in [0.25, 0.3) is 0 Å². The maximum Gasteiger partial charge on any atom is 0.0452 e. The Bertz CT molecular complexity index is 229. The second-order valence-corrected chi connectivity index (χ2v) is 2.89. The molecule has 0 heterocycles. The van der Waals surface area contributed by atoms with Gasteiger partial charge in [-0.3, -0.25) is 0 Å². The summed E-state index contributed by atoms with van der Waals surface area (Å²) in [5, 5.41) is 0. The third-order valence-corrected chi connectivity index (χ3v) is 2.33. The molecule has 0 aliphatic rings. The molecule has 10 heavy (non-hydrogen) atoms. The molecular weight excluding hydrogens is 142 g/mol. The van der Waals surface area contributed by atoms with Crippen LogP contribution in [-0.2, 0) is 0 Å². The molecule has 2 N–H and O–H groups in total. The van der Waals surface area contributed by atoms with Gasteiger partial charge in [-0.15, -0.1) is 12.6 Å². The molecule has 2 heteroatoms. The van der Waals surface area contributed by atoms with Crippen molar-refractivity contribution in [3.8, 4) is 0 Å². The van der Waals surface area contributed by atoms with Crippen LogP contribution >= 0.6 is 12.6 Å². The van der Waals surface area contributed by atoms with Crippen molar-refractivity contribution in [2.75, 3.05) is 5.73 Å². The fraction of sp³-hybridized carbons (Fsp3) is 0.250. The molecule has 1 aromatic carbocycles. The molecule has 0 aliphatic heterocycles. The Kier molecular flexibility index (Phi) is 1.90. The molecule has 0 unspecified atom stereocenters. The van der Waals surface area contributed by atoms with Crippen LogP contribution < -0.4 is 5.73 Å². The molecule has 0 saturated carbocycles. The summed E-state index contributed by atoms with van der Waals surface area (Å²) in [5.74, 6) is 0. The molecule has 0 bridgehead atoms. The Balaban J connectivity index is 3.34. The number of anilines is 1. The predicted octanol–water partition coefficient (Wildman–Crippen LogP) is 2.17. The second kappa shape index (κ2) is 2.54. The summed E-state index contributed by atoms with van der Waals surface area (Å²) in [5.41, 5.74) is 8.77. The number of benzene rings is 1. The minimum atomic E-state index is 0.756. The van der Waals surface area contributed by atoms with Gasteiger partial charge in [0.2, 0.25) is 0 Å². The molecule has 0 atom stereocenters. The lowest BCUT2D eigenvalue weighted by Gasteiger charge is -2.05. The quantitative estimate of drug-likeness (QED) is 0.433. The number of hydrogen-bond acceptors (Lipinski definition) is 2. The standard InChI is InChI=1S/C8H11NS/c1-5-3-4-7(9)8(10)6(5)2/h3-4,10H,9H2,1-2H3. The van der Waals surface area contributed by atoms with Gasteiger partial charge in [-0.2, -0.15) is 0 Å². The Labute approximate surface area is 66.7 Å². The lowest BCUT2D eigenvalue weighted by molar-refractivity contribution is 1.24. The normalized spacial score (nSPS) is 9.90. The van der Waals surface area contributed by atoms with Gasteiger partial charge in [0.05, 0.1) is 0 Å². The van der Waals surface area contributed by atoms with Crippen LogP contribution in [0.1, 0.15) is 11.1 Å². The summed E-state index contributed by atoms with van der Waals surface area (Å²) in [6.45, 7) is 4.07. The van der Waals surface area contributed by atoms with E-state index in [-0.39, 0.29) is 0 Å². The summed E-state index contributed by atoms with van der Waals surface area (Å²) in [4.78, 5) is 0.903. The van der Waals surface area contributed by atoms with Crippen molar-refractivity contribution in [1.29, 1.82) is 0 Å². The monoisotopic (exact) mass is 153 g/mol. The van der Waals surface area contributed by atoms with E-state index in [4.69, 9.17) is 5.73 Å². The molecule has 0 fully saturated rings. The van der Waals surface area contributed by atoms with Gasteiger partial charge in [-0.25, -0.2) is 0 Å². The topological polar surface area (TPSA) is 26.0 Å². The third kappa shape index (κ3) is 1.12. The number of nitrogens with two attached hydrogens (primary N) is 1. The van der Waals surface area contributed by atoms with Gasteiger partial charge in [0.25, 0.3) is 0 Å². The molecule has 1 nitrogen and oxygen atoms in total. The Morgan fingerprint density at radius 2 is 1.90 bits per heavy atom. The largest absolute Gasteiger partial charge is 0.398 e. The van der Waals surface area contributed by atoms with Crippen LogP contribution in [0.4, 0.5) is 5.69 Å². The summed E-state index contributed by atoms with van der Waals surface area (Å²) in [6.07, 6.45) is 0. The fourth-order valence-electron chi connectivity index (χ4n) is 0.822. The van der Waals surface area contributed by atoms with E-state index in [0.29, 0.717) is 0 Å². The number of aryl methyl sites for hydroxylation is 1. The molecular formula is C8H11NS. The molecule has 0 radical (unpaired) electrons. The van der Waals surface area contributed by atoms with Crippen LogP contribution in [0.15, 0.2) is 17.0 Å². The maximum atomic E-state index is 5.61. The number of hydrogen-bond donors (Lipinski definition) is 2. The van der Waals surface area contributed by atoms with Gasteiger partial charge in [-0.05, 0) is 31.0 Å². The van der Waals surface area contributed by atoms with E-state index < -0.39 is 0 Å². The van der Waals surface area contributed by atoms with Gasteiger partial charge < -0.3 is 5.73 Å². The van der Waals surface area contributed by atoms with E-state index in [1.165, 1.54) is 11.1 Å². The van der Waals surface area contributed by atoms with Crippen molar-refractivity contribution >= 4 is 18.3 Å². The van der Waals surface area contributed by atoms with E-state index in [2.05, 4.69) is 19.6 Å². The summed E-state index contributed by atoms with van der Waals surface area (Å²) in [6, 6.07) is 3.88. The van der Waals surface area contributed by atoms with Gasteiger partial charge >= 0.3 is 0 Å². The van der Waals surface area contributed by atoms with Gasteiger partial charge in [0, 0.05) is 10.6 Å². The first-order valence-electron chi connectivity index (χ1n) is 3.17. The van der Waals surface area contributed by atoms with Gasteiger partial charge in [0.1, 0.15) is 0 Å². The highest BCUT2D eigenvalue weighted by atomic mass is 32.1. The maximum absolute atomic E-state index is 5.61. The molecule has 0 aliphatic carbocycles. The Morgan fingerprint density at radius 1 is 1.30 bits per heavy atom. The van der Waals surface area contributed by atoms with E-state index in [1.54, 1.807) is 0 Å². The molecule has 0 aromatic heterocycles. The van der Waals surface area contributed by atoms with Crippen molar-refractivity contribution in [2.45, 2.75) is 18.7 Å². The Hall–Kier alpha value is -0.630. The van der Waals surface area contributed by atoms with E-state index in [9.17, 15) is 0 Å². The summed E-state index contributed by atoms with van der Waals surface area (Å²) in [7, 11) is 0. The van der Waals surface area contributed by atoms with Crippen LogP contribution in [-0.4, -0.2) is 0 Å². The highest BCUT2D eigenvalue weighted by molar-refractivity contribution is 7.80. The van der Waals surface area contributed by atoms with E-state index in [1.807, 2.05) is 19.1 Å². The van der Waals surface area contributed by atoms with Crippen LogP contribution in [0.2, 0.25) is 0 Å². The fourth-order valence-corrected chi connectivity index (χ4v) is 1.07. The number of thiol groups is 1. The number of rotatable bonds is 0. The minimum absolute atomic E-state index is 0.756. The lowest BCUT2D eigenvalue weighted by atomic mass is 10.1. The lowest BCUT2D eigenvalue weighted by Crippen LogP contribution is -1.90. The van der Waals surface area contributed by atoms with E-state index >= 15 is 0 Å². The first-order chi connectivity index (χ1) is 4.63. The molecule has 1 aromatic rings. The Morgan fingerprint density at radius 3 is 2.40 bits per heavy atom. The summed E-state index contributed by atoms with van der Waals surface area (Å²) >= 11 is 4.26. The van der Waals surface area contributed by atoms with Crippen molar-refractivity contribution in [1.82, 2.24) is 0 Å². The highest BCUT2D eigenvalue weighted by Gasteiger charge is 1.99. The van der Waals surface area contributed by atoms with E-state index in [0.717, 1.165) is 10.6 Å². The van der Waals surface area contributed by atoms with Gasteiger partial charge in [-0.1, -0.05) is 6.07 Å². The SMILES string of the molecule is Cc1ccc(N)c(S)c1C. The second-order valence-electron chi connectivity index (χ2n) is 2.45. The molecule has 0 spiro atoms. The van der Waals surface area contributed by atoms with Gasteiger partial charge in [0.15, 0.2) is 0 Å². The molecule has 0 amide bonds.